The van der Waals surface area contributed by atoms with Gasteiger partial charge < -0.3 is 9.72 Å². The third-order valence-corrected chi connectivity index (χ3v) is 3.95. The molecular weight excluding hydrogens is 387 g/mol. The molecule has 3 rings (SSSR count). The second-order valence-corrected chi connectivity index (χ2v) is 6.97. The molecule has 0 saturated heterocycles. The lowest BCUT2D eigenvalue weighted by Crippen LogP contribution is -2.24. The Bertz CT molecular complexity index is 1110. The normalized spacial score (nSPS) is 11.1. The molecule has 154 valence electrons. The first-order valence-corrected chi connectivity index (χ1v) is 9.34. The molecule has 1 aromatic heterocycles. The lowest BCUT2D eigenvalue weighted by atomic mass is 10.1. The molecule has 0 aliphatic rings. The fourth-order valence-electron chi connectivity index (χ4n) is 2.52. The van der Waals surface area contributed by atoms with E-state index in [0.717, 1.165) is 5.56 Å². The number of rotatable bonds is 7. The summed E-state index contributed by atoms with van der Waals surface area (Å²) in [7, 11) is 0. The van der Waals surface area contributed by atoms with Gasteiger partial charge in [-0.25, -0.2) is 14.6 Å². The second-order valence-electron chi connectivity index (χ2n) is 6.97. The number of H-pyrrole nitrogens is 1. The number of hydrogen-bond donors (Lipinski definition) is 2. The Morgan fingerprint density at radius 2 is 2.00 bits per heavy atom. The molecule has 0 aliphatic carbocycles. The molecule has 2 aromatic carbocycles. The zero-order valence-electron chi connectivity index (χ0n) is 16.6. The van der Waals surface area contributed by atoms with Crippen LogP contribution < -0.4 is 15.9 Å². The number of benzene rings is 2. The summed E-state index contributed by atoms with van der Waals surface area (Å²) in [5.74, 6) is 0.0983. The van der Waals surface area contributed by atoms with Crippen LogP contribution in [0.25, 0.3) is 11.3 Å². The molecule has 0 spiro atoms. The summed E-state index contributed by atoms with van der Waals surface area (Å²) in [4.78, 5) is 30.4. The number of hydrogen-bond acceptors (Lipinski definition) is 5. The average Bonchev–Trinajstić information content (AvgIpc) is 2.72. The topological polar surface area (TPSA) is 96.4 Å². The van der Waals surface area contributed by atoms with E-state index in [9.17, 15) is 14.0 Å². The summed E-state index contributed by atoms with van der Waals surface area (Å²) in [6, 6.07) is 14.2. The van der Waals surface area contributed by atoms with Crippen molar-refractivity contribution in [1.29, 1.82) is 0 Å². The molecule has 0 aliphatic heterocycles. The summed E-state index contributed by atoms with van der Waals surface area (Å²) in [5.41, 5.74) is 3.16. The van der Waals surface area contributed by atoms with E-state index >= 15 is 0 Å². The standard InChI is InChI=1S/C22H21FN4O3/c1-14(2)13-30-18-5-3-4-15(10-18)12-24-27-21(28)20-11-19(25-22(29)26-20)16-6-8-17(23)9-7-16/h3-12,14H,13H2,1-2H3,(H,27,28)(H,25,26,29)/b24-12+. The largest absolute Gasteiger partial charge is 0.493 e. The summed E-state index contributed by atoms with van der Waals surface area (Å²) in [6.45, 7) is 4.72. The second kappa shape index (κ2) is 9.60. The highest BCUT2D eigenvalue weighted by Crippen LogP contribution is 2.16. The smallest absolute Gasteiger partial charge is 0.346 e. The Hall–Kier alpha value is -3.81. The number of ether oxygens (including phenoxy) is 1. The summed E-state index contributed by atoms with van der Waals surface area (Å²) in [6.07, 6.45) is 1.47. The molecule has 7 nitrogen and oxygen atoms in total. The van der Waals surface area contributed by atoms with Crippen molar-refractivity contribution in [3.63, 3.8) is 0 Å². The number of aromatic nitrogens is 2. The van der Waals surface area contributed by atoms with E-state index in [-0.39, 0.29) is 11.4 Å². The maximum Gasteiger partial charge on any atom is 0.346 e. The maximum atomic E-state index is 13.1. The quantitative estimate of drug-likeness (QED) is 0.463. The zero-order valence-corrected chi connectivity index (χ0v) is 16.6. The molecule has 0 bridgehead atoms. The fourth-order valence-corrected chi connectivity index (χ4v) is 2.52. The third-order valence-electron chi connectivity index (χ3n) is 3.95. The Balaban J connectivity index is 1.70. The predicted octanol–water partition coefficient (Wildman–Crippen LogP) is 3.37. The van der Waals surface area contributed by atoms with Crippen LogP contribution in [0.5, 0.6) is 5.75 Å². The van der Waals surface area contributed by atoms with Crippen LogP contribution in [0.2, 0.25) is 0 Å². The number of hydrazone groups is 1. The molecule has 0 fully saturated rings. The molecule has 0 saturated carbocycles. The minimum absolute atomic E-state index is 0.0134. The molecule has 0 atom stereocenters. The first kappa shape index (κ1) is 20.9. The molecule has 1 heterocycles. The van der Waals surface area contributed by atoms with Crippen LogP contribution in [0, 0.1) is 11.7 Å². The number of nitrogens with zero attached hydrogens (tertiary/aromatic N) is 2. The first-order chi connectivity index (χ1) is 14.4. The molecular formula is C22H21FN4O3. The summed E-state index contributed by atoms with van der Waals surface area (Å²) in [5, 5.41) is 3.93. The van der Waals surface area contributed by atoms with E-state index in [1.807, 2.05) is 18.2 Å². The third kappa shape index (κ3) is 5.84. The van der Waals surface area contributed by atoms with E-state index < -0.39 is 17.4 Å². The van der Waals surface area contributed by atoms with Gasteiger partial charge in [-0.1, -0.05) is 26.0 Å². The number of carbonyl (C=O) groups excluding carboxylic acids is 1. The van der Waals surface area contributed by atoms with Gasteiger partial charge in [-0.05, 0) is 53.9 Å². The van der Waals surface area contributed by atoms with Crippen LogP contribution in [-0.4, -0.2) is 28.7 Å². The van der Waals surface area contributed by atoms with Gasteiger partial charge in [-0.3, -0.25) is 4.79 Å². The van der Waals surface area contributed by atoms with Crippen molar-refractivity contribution in [2.45, 2.75) is 13.8 Å². The van der Waals surface area contributed by atoms with Crippen molar-refractivity contribution in [2.75, 3.05) is 6.61 Å². The molecule has 8 heteroatoms. The number of carbonyl (C=O) groups is 1. The van der Waals surface area contributed by atoms with Gasteiger partial charge in [0.25, 0.3) is 5.91 Å². The van der Waals surface area contributed by atoms with E-state index in [1.165, 1.54) is 36.5 Å². The minimum Gasteiger partial charge on any atom is -0.493 e. The SMILES string of the molecule is CC(C)COc1cccc(/C=N/NC(=O)c2cc(-c3ccc(F)cc3)nc(=O)[nH]2)c1. The number of amides is 1. The maximum absolute atomic E-state index is 13.1. The number of halogens is 1. The lowest BCUT2D eigenvalue weighted by Gasteiger charge is -2.08. The molecule has 2 N–H and O–H groups in total. The van der Waals surface area contributed by atoms with Crippen LogP contribution in [0.1, 0.15) is 29.9 Å². The molecule has 0 radical (unpaired) electrons. The van der Waals surface area contributed by atoms with Crippen molar-refractivity contribution in [3.8, 4) is 17.0 Å². The minimum atomic E-state index is -0.694. The van der Waals surface area contributed by atoms with Crippen molar-refractivity contribution < 1.29 is 13.9 Å². The van der Waals surface area contributed by atoms with Gasteiger partial charge >= 0.3 is 5.69 Å². The van der Waals surface area contributed by atoms with Crippen LogP contribution in [-0.2, 0) is 0 Å². The van der Waals surface area contributed by atoms with E-state index in [4.69, 9.17) is 4.74 Å². The van der Waals surface area contributed by atoms with Gasteiger partial charge in [0, 0.05) is 5.56 Å². The fraction of sp³-hybridized carbons (Fsp3) is 0.182. The highest BCUT2D eigenvalue weighted by atomic mass is 19.1. The van der Waals surface area contributed by atoms with Crippen molar-refractivity contribution in [1.82, 2.24) is 15.4 Å². The predicted molar refractivity (Wildman–Crippen MR) is 112 cm³/mol. The van der Waals surface area contributed by atoms with Gasteiger partial charge in [0.05, 0.1) is 18.5 Å². The highest BCUT2D eigenvalue weighted by Gasteiger charge is 2.10. The molecule has 3 aromatic rings. The Morgan fingerprint density at radius 1 is 1.23 bits per heavy atom. The van der Waals surface area contributed by atoms with Gasteiger partial charge in [0.1, 0.15) is 17.3 Å². The summed E-state index contributed by atoms with van der Waals surface area (Å²) >= 11 is 0. The Labute approximate surface area is 172 Å². The van der Waals surface area contributed by atoms with Crippen LogP contribution >= 0.6 is 0 Å². The Kier molecular flexibility index (Phi) is 6.69. The van der Waals surface area contributed by atoms with Gasteiger partial charge in [0.2, 0.25) is 0 Å². The van der Waals surface area contributed by atoms with Crippen molar-refractivity contribution in [3.05, 3.63) is 82.2 Å². The monoisotopic (exact) mass is 408 g/mol. The van der Waals surface area contributed by atoms with Crippen molar-refractivity contribution in [2.24, 2.45) is 11.0 Å². The van der Waals surface area contributed by atoms with Gasteiger partial charge in [0.15, 0.2) is 0 Å². The van der Waals surface area contributed by atoms with Crippen LogP contribution in [0.15, 0.2) is 64.5 Å². The lowest BCUT2D eigenvalue weighted by molar-refractivity contribution is 0.0949. The highest BCUT2D eigenvalue weighted by molar-refractivity contribution is 5.93. The average molecular weight is 408 g/mol. The Morgan fingerprint density at radius 3 is 2.73 bits per heavy atom. The van der Waals surface area contributed by atoms with Crippen LogP contribution in [0.4, 0.5) is 4.39 Å². The summed E-state index contributed by atoms with van der Waals surface area (Å²) < 4.78 is 18.8. The van der Waals surface area contributed by atoms with Crippen molar-refractivity contribution >= 4 is 12.1 Å². The zero-order chi connectivity index (χ0) is 21.5. The number of nitrogens with one attached hydrogen (secondary N) is 2. The van der Waals surface area contributed by atoms with E-state index in [2.05, 4.69) is 34.3 Å². The van der Waals surface area contributed by atoms with Gasteiger partial charge in [-0.15, -0.1) is 0 Å². The molecule has 0 unspecified atom stereocenters. The molecule has 30 heavy (non-hydrogen) atoms. The number of aromatic amines is 1. The van der Waals surface area contributed by atoms with E-state index in [1.54, 1.807) is 6.07 Å². The van der Waals surface area contributed by atoms with Gasteiger partial charge in [-0.2, -0.15) is 10.1 Å². The van der Waals surface area contributed by atoms with E-state index in [0.29, 0.717) is 23.8 Å². The molecule has 1 amide bonds. The van der Waals surface area contributed by atoms with Crippen LogP contribution in [0.3, 0.4) is 0 Å². The first-order valence-electron chi connectivity index (χ1n) is 9.34.